The van der Waals surface area contributed by atoms with Crippen LogP contribution in [0.2, 0.25) is 0 Å². The Morgan fingerprint density at radius 2 is 1.72 bits per heavy atom. The normalized spacial score (nSPS) is 15.1. The number of sulfonamides is 1. The van der Waals surface area contributed by atoms with E-state index >= 15 is 0 Å². The van der Waals surface area contributed by atoms with Gasteiger partial charge in [-0.1, -0.05) is 18.2 Å². The van der Waals surface area contributed by atoms with Gasteiger partial charge < -0.3 is 10.6 Å². The van der Waals surface area contributed by atoms with E-state index in [0.717, 1.165) is 12.8 Å². The molecule has 0 aromatic heterocycles. The third kappa shape index (κ3) is 3.97. The molecule has 1 heterocycles. The van der Waals surface area contributed by atoms with Gasteiger partial charge in [0.15, 0.2) is 0 Å². The number of nitrogens with zero attached hydrogens (tertiary/aromatic N) is 1. The fourth-order valence-corrected chi connectivity index (χ4v) is 4.22. The van der Waals surface area contributed by atoms with Crippen molar-refractivity contribution in [1.82, 2.24) is 4.31 Å². The van der Waals surface area contributed by atoms with Gasteiger partial charge in [0, 0.05) is 18.8 Å². The molecule has 0 saturated carbocycles. The van der Waals surface area contributed by atoms with E-state index in [-0.39, 0.29) is 10.6 Å². The number of carbonyl (C=O) groups is 1. The summed E-state index contributed by atoms with van der Waals surface area (Å²) in [6.45, 7) is 1.02. The summed E-state index contributed by atoms with van der Waals surface area (Å²) in [5, 5.41) is 4.91. The number of amides is 2. The summed E-state index contributed by atoms with van der Waals surface area (Å²) in [4.78, 5) is 12.1. The maximum absolute atomic E-state index is 13.6. The number of rotatable bonds is 4. The van der Waals surface area contributed by atoms with E-state index in [1.165, 1.54) is 34.6 Å². The molecular weight excluding hydrogens is 345 g/mol. The van der Waals surface area contributed by atoms with Crippen LogP contribution in [0.15, 0.2) is 53.4 Å². The van der Waals surface area contributed by atoms with Gasteiger partial charge in [-0.2, -0.15) is 4.31 Å². The lowest BCUT2D eigenvalue weighted by molar-refractivity contribution is 0.262. The average Bonchev–Trinajstić information content (AvgIpc) is 3.12. The first-order valence-corrected chi connectivity index (χ1v) is 9.33. The Morgan fingerprint density at radius 1 is 1.00 bits per heavy atom. The molecule has 8 heteroatoms. The monoisotopic (exact) mass is 363 g/mol. The Morgan fingerprint density at radius 3 is 2.44 bits per heavy atom. The number of hydrogen-bond acceptors (Lipinski definition) is 3. The summed E-state index contributed by atoms with van der Waals surface area (Å²) in [6.07, 6.45) is 1.70. The van der Waals surface area contributed by atoms with E-state index < -0.39 is 21.9 Å². The number of anilines is 2. The van der Waals surface area contributed by atoms with Gasteiger partial charge in [-0.05, 0) is 43.2 Å². The summed E-state index contributed by atoms with van der Waals surface area (Å²) < 4.78 is 40.1. The van der Waals surface area contributed by atoms with Gasteiger partial charge in [0.25, 0.3) is 0 Å². The van der Waals surface area contributed by atoms with Crippen LogP contribution in [0.5, 0.6) is 0 Å². The number of urea groups is 1. The van der Waals surface area contributed by atoms with E-state index in [1.807, 2.05) is 0 Å². The topological polar surface area (TPSA) is 78.5 Å². The molecule has 0 aliphatic carbocycles. The number of hydrogen-bond donors (Lipinski definition) is 2. The molecule has 0 bridgehead atoms. The van der Waals surface area contributed by atoms with Crippen LogP contribution in [0.4, 0.5) is 20.6 Å². The van der Waals surface area contributed by atoms with Gasteiger partial charge in [0.1, 0.15) is 5.82 Å². The molecule has 1 aliphatic heterocycles. The molecule has 2 N–H and O–H groups in total. The minimum atomic E-state index is -3.56. The van der Waals surface area contributed by atoms with Crippen LogP contribution < -0.4 is 10.6 Å². The molecule has 2 aromatic carbocycles. The lowest BCUT2D eigenvalue weighted by Gasteiger charge is -2.16. The van der Waals surface area contributed by atoms with E-state index in [9.17, 15) is 17.6 Å². The van der Waals surface area contributed by atoms with Gasteiger partial charge in [0.2, 0.25) is 10.0 Å². The van der Waals surface area contributed by atoms with Gasteiger partial charge >= 0.3 is 6.03 Å². The quantitative estimate of drug-likeness (QED) is 0.875. The molecule has 0 atom stereocenters. The highest BCUT2D eigenvalue weighted by Gasteiger charge is 2.27. The fourth-order valence-electron chi connectivity index (χ4n) is 2.66. The van der Waals surface area contributed by atoms with Crippen molar-refractivity contribution in [2.24, 2.45) is 0 Å². The second kappa shape index (κ2) is 7.20. The number of carbonyl (C=O) groups excluding carboxylic acids is 1. The third-order valence-corrected chi connectivity index (χ3v) is 5.81. The van der Waals surface area contributed by atoms with Crippen LogP contribution in [-0.4, -0.2) is 31.8 Å². The van der Waals surface area contributed by atoms with E-state index in [1.54, 1.807) is 18.2 Å². The zero-order chi connectivity index (χ0) is 17.9. The largest absolute Gasteiger partial charge is 0.323 e. The molecule has 0 unspecified atom stereocenters. The molecule has 3 rings (SSSR count). The van der Waals surface area contributed by atoms with Gasteiger partial charge in [-0.25, -0.2) is 17.6 Å². The Kier molecular flexibility index (Phi) is 5.00. The Hall–Kier alpha value is -2.45. The molecule has 132 valence electrons. The first-order chi connectivity index (χ1) is 12.0. The van der Waals surface area contributed by atoms with Crippen molar-refractivity contribution < 1.29 is 17.6 Å². The predicted molar refractivity (Wildman–Crippen MR) is 93.5 cm³/mol. The minimum Gasteiger partial charge on any atom is -0.308 e. The molecule has 1 aliphatic rings. The first-order valence-electron chi connectivity index (χ1n) is 7.89. The second-order valence-corrected chi connectivity index (χ2v) is 7.64. The van der Waals surface area contributed by atoms with Gasteiger partial charge in [-0.3, -0.25) is 0 Å². The highest BCUT2D eigenvalue weighted by molar-refractivity contribution is 7.89. The van der Waals surface area contributed by atoms with Crippen molar-refractivity contribution in [3.05, 3.63) is 54.3 Å². The van der Waals surface area contributed by atoms with Crippen LogP contribution in [0.1, 0.15) is 12.8 Å². The third-order valence-electron chi connectivity index (χ3n) is 3.92. The van der Waals surface area contributed by atoms with Crippen LogP contribution in [0.3, 0.4) is 0 Å². The van der Waals surface area contributed by atoms with Crippen molar-refractivity contribution in [3.8, 4) is 0 Å². The van der Waals surface area contributed by atoms with Crippen LogP contribution >= 0.6 is 0 Å². The number of benzene rings is 2. The van der Waals surface area contributed by atoms with Crippen molar-refractivity contribution in [2.75, 3.05) is 23.7 Å². The zero-order valence-corrected chi connectivity index (χ0v) is 14.2. The molecule has 25 heavy (non-hydrogen) atoms. The first kappa shape index (κ1) is 17.4. The van der Waals surface area contributed by atoms with E-state index in [2.05, 4.69) is 10.6 Å². The number of para-hydroxylation sites is 1. The Bertz CT molecular complexity index is 880. The summed E-state index contributed by atoms with van der Waals surface area (Å²) in [5.41, 5.74) is 0.356. The molecule has 2 amide bonds. The summed E-state index contributed by atoms with van der Waals surface area (Å²) in [5.74, 6) is -0.553. The molecular formula is C17H18FN3O3S. The highest BCUT2D eigenvalue weighted by Crippen LogP contribution is 2.23. The van der Waals surface area contributed by atoms with Crippen molar-refractivity contribution in [1.29, 1.82) is 0 Å². The van der Waals surface area contributed by atoms with Crippen molar-refractivity contribution in [2.45, 2.75) is 17.7 Å². The van der Waals surface area contributed by atoms with Gasteiger partial charge in [-0.15, -0.1) is 0 Å². The molecule has 6 nitrogen and oxygen atoms in total. The lowest BCUT2D eigenvalue weighted by Crippen LogP contribution is -2.28. The Balaban J connectivity index is 1.73. The van der Waals surface area contributed by atoms with E-state index in [0.29, 0.717) is 18.8 Å². The van der Waals surface area contributed by atoms with Crippen LogP contribution in [0.25, 0.3) is 0 Å². The van der Waals surface area contributed by atoms with Crippen molar-refractivity contribution >= 4 is 27.4 Å². The smallest absolute Gasteiger partial charge is 0.308 e. The fraction of sp³-hybridized carbons (Fsp3) is 0.235. The van der Waals surface area contributed by atoms with Crippen LogP contribution in [0, 0.1) is 5.82 Å². The minimum absolute atomic E-state index is 0.0424. The van der Waals surface area contributed by atoms with E-state index in [4.69, 9.17) is 0 Å². The summed E-state index contributed by atoms with van der Waals surface area (Å²) >= 11 is 0. The molecule has 1 saturated heterocycles. The molecule has 2 aromatic rings. The van der Waals surface area contributed by atoms with Crippen LogP contribution in [-0.2, 0) is 10.0 Å². The SMILES string of the molecule is O=C(Nc1cccc(S(=O)(=O)N2CCCC2)c1)Nc1ccccc1F. The standard InChI is InChI=1S/C17H18FN3O3S/c18-15-8-1-2-9-16(15)20-17(22)19-13-6-5-7-14(12-13)25(23,24)21-10-3-4-11-21/h1-2,5-9,12H,3-4,10-11H2,(H2,19,20,22). The lowest BCUT2D eigenvalue weighted by atomic mass is 10.3. The number of nitrogens with one attached hydrogen (secondary N) is 2. The second-order valence-electron chi connectivity index (χ2n) is 5.70. The molecule has 0 radical (unpaired) electrons. The predicted octanol–water partition coefficient (Wildman–Crippen LogP) is 3.25. The Labute approximate surface area is 145 Å². The molecule has 1 fully saturated rings. The number of halogens is 1. The zero-order valence-electron chi connectivity index (χ0n) is 13.4. The summed E-state index contributed by atoms with van der Waals surface area (Å²) in [6, 6.07) is 11.2. The highest BCUT2D eigenvalue weighted by atomic mass is 32.2. The molecule has 0 spiro atoms. The maximum Gasteiger partial charge on any atom is 0.323 e. The maximum atomic E-state index is 13.6. The average molecular weight is 363 g/mol. The van der Waals surface area contributed by atoms with Gasteiger partial charge in [0.05, 0.1) is 10.6 Å². The summed E-state index contributed by atoms with van der Waals surface area (Å²) in [7, 11) is -3.56. The van der Waals surface area contributed by atoms with Crippen molar-refractivity contribution in [3.63, 3.8) is 0 Å².